The molecule has 0 radical (unpaired) electrons. The van der Waals surface area contributed by atoms with E-state index in [-0.39, 0.29) is 11.3 Å². The second kappa shape index (κ2) is 6.17. The largest absolute Gasteiger partial charge is 0.383 e. The van der Waals surface area contributed by atoms with Crippen molar-refractivity contribution in [2.24, 2.45) is 5.73 Å². The average molecular weight is 262 g/mol. The Balaban J connectivity index is 2.12. The van der Waals surface area contributed by atoms with Crippen molar-refractivity contribution >= 4 is 5.91 Å². The zero-order valence-electron chi connectivity index (χ0n) is 11.5. The number of nitrogens with zero attached hydrogens (tertiary/aromatic N) is 1. The highest BCUT2D eigenvalue weighted by Crippen LogP contribution is 2.49. The van der Waals surface area contributed by atoms with E-state index < -0.39 is 0 Å². The number of hydrogen-bond donors (Lipinski definition) is 1. The van der Waals surface area contributed by atoms with Crippen molar-refractivity contribution in [2.75, 3.05) is 33.4 Å². The first-order valence-electron chi connectivity index (χ1n) is 6.78. The van der Waals surface area contributed by atoms with Crippen LogP contribution in [-0.4, -0.2) is 44.2 Å². The van der Waals surface area contributed by atoms with Gasteiger partial charge in [0.1, 0.15) is 0 Å². The van der Waals surface area contributed by atoms with Gasteiger partial charge >= 0.3 is 0 Å². The third kappa shape index (κ3) is 2.96. The summed E-state index contributed by atoms with van der Waals surface area (Å²) in [5.74, 6) is 0.196. The molecule has 19 heavy (non-hydrogen) atoms. The predicted octanol–water partition coefficient (Wildman–Crippen LogP) is 1.15. The highest BCUT2D eigenvalue weighted by molar-refractivity contribution is 5.91. The van der Waals surface area contributed by atoms with E-state index >= 15 is 0 Å². The van der Waals surface area contributed by atoms with Gasteiger partial charge in [-0.2, -0.15) is 0 Å². The highest BCUT2D eigenvalue weighted by Gasteiger charge is 2.52. The summed E-state index contributed by atoms with van der Waals surface area (Å²) in [6, 6.07) is 10.0. The van der Waals surface area contributed by atoms with Gasteiger partial charge in [0.2, 0.25) is 5.91 Å². The zero-order valence-corrected chi connectivity index (χ0v) is 11.5. The second-order valence-corrected chi connectivity index (χ2v) is 5.02. The summed E-state index contributed by atoms with van der Waals surface area (Å²) in [5, 5.41) is 0. The smallest absolute Gasteiger partial charge is 0.233 e. The van der Waals surface area contributed by atoms with Crippen molar-refractivity contribution in [3.05, 3.63) is 35.9 Å². The maximum atomic E-state index is 12.7. The van der Waals surface area contributed by atoms with E-state index in [1.807, 2.05) is 35.2 Å². The van der Waals surface area contributed by atoms with Crippen LogP contribution in [0.5, 0.6) is 0 Å². The van der Waals surface area contributed by atoms with Crippen LogP contribution in [0.4, 0.5) is 0 Å². The fourth-order valence-electron chi connectivity index (χ4n) is 2.48. The van der Waals surface area contributed by atoms with Crippen molar-refractivity contribution in [3.63, 3.8) is 0 Å². The summed E-state index contributed by atoms with van der Waals surface area (Å²) >= 11 is 0. The molecule has 1 aromatic carbocycles. The number of amides is 1. The van der Waals surface area contributed by atoms with E-state index in [0.29, 0.717) is 26.2 Å². The Labute approximate surface area is 114 Å². The van der Waals surface area contributed by atoms with E-state index in [4.69, 9.17) is 10.5 Å². The second-order valence-electron chi connectivity index (χ2n) is 5.02. The van der Waals surface area contributed by atoms with Crippen molar-refractivity contribution < 1.29 is 9.53 Å². The van der Waals surface area contributed by atoms with Gasteiger partial charge in [0.05, 0.1) is 12.0 Å². The summed E-state index contributed by atoms with van der Waals surface area (Å²) in [6.07, 6.45) is 1.87. The SMILES string of the molecule is COCCN(CCN)C(=O)C1(c2ccccc2)CC1. The van der Waals surface area contributed by atoms with E-state index in [1.165, 1.54) is 0 Å². The van der Waals surface area contributed by atoms with E-state index in [2.05, 4.69) is 0 Å². The van der Waals surface area contributed by atoms with Crippen molar-refractivity contribution in [1.29, 1.82) is 0 Å². The van der Waals surface area contributed by atoms with Crippen LogP contribution in [0, 0.1) is 0 Å². The summed E-state index contributed by atoms with van der Waals surface area (Å²) in [6.45, 7) is 2.24. The molecule has 0 spiro atoms. The Morgan fingerprint density at radius 1 is 1.32 bits per heavy atom. The lowest BCUT2D eigenvalue weighted by Gasteiger charge is -2.27. The van der Waals surface area contributed by atoms with Gasteiger partial charge in [-0.15, -0.1) is 0 Å². The van der Waals surface area contributed by atoms with E-state index in [1.54, 1.807) is 7.11 Å². The molecule has 1 amide bonds. The third-order valence-electron chi connectivity index (χ3n) is 3.74. The number of methoxy groups -OCH3 is 1. The summed E-state index contributed by atoms with van der Waals surface area (Å²) in [5.41, 5.74) is 6.43. The molecule has 1 aliphatic carbocycles. The minimum Gasteiger partial charge on any atom is -0.383 e. The van der Waals surface area contributed by atoms with Crippen LogP contribution >= 0.6 is 0 Å². The molecule has 2 N–H and O–H groups in total. The van der Waals surface area contributed by atoms with Gasteiger partial charge in [-0.05, 0) is 18.4 Å². The van der Waals surface area contributed by atoms with Crippen molar-refractivity contribution in [3.8, 4) is 0 Å². The van der Waals surface area contributed by atoms with Crippen molar-refractivity contribution in [2.45, 2.75) is 18.3 Å². The number of nitrogens with two attached hydrogens (primary N) is 1. The molecule has 1 fully saturated rings. The predicted molar refractivity (Wildman–Crippen MR) is 74.9 cm³/mol. The number of hydrogen-bond acceptors (Lipinski definition) is 3. The first kappa shape index (κ1) is 14.0. The highest BCUT2D eigenvalue weighted by atomic mass is 16.5. The van der Waals surface area contributed by atoms with Crippen LogP contribution in [0.3, 0.4) is 0 Å². The first-order chi connectivity index (χ1) is 9.24. The van der Waals surface area contributed by atoms with Crippen molar-refractivity contribution in [1.82, 2.24) is 4.90 Å². The molecule has 0 bridgehead atoms. The van der Waals surface area contributed by atoms with Gasteiger partial charge in [0.15, 0.2) is 0 Å². The lowest BCUT2D eigenvalue weighted by molar-refractivity contribution is -0.134. The standard InChI is InChI=1S/C15H22N2O2/c1-19-12-11-17(10-9-16)14(18)15(7-8-15)13-5-3-2-4-6-13/h2-6H,7-12,16H2,1H3. The van der Waals surface area contributed by atoms with Gasteiger partial charge in [-0.3, -0.25) is 4.79 Å². The van der Waals surface area contributed by atoms with Gasteiger partial charge in [0.25, 0.3) is 0 Å². The number of rotatable bonds is 7. The molecule has 1 saturated carbocycles. The lowest BCUT2D eigenvalue weighted by Crippen LogP contribution is -2.43. The Kier molecular flexibility index (Phi) is 4.56. The molecular formula is C15H22N2O2. The molecular weight excluding hydrogens is 240 g/mol. The normalized spacial score (nSPS) is 16.1. The van der Waals surface area contributed by atoms with E-state index in [0.717, 1.165) is 18.4 Å². The van der Waals surface area contributed by atoms with Gasteiger partial charge in [0, 0.05) is 26.7 Å². The van der Waals surface area contributed by atoms with Crippen LogP contribution in [0.25, 0.3) is 0 Å². The molecule has 4 heteroatoms. The maximum absolute atomic E-state index is 12.7. The Bertz CT molecular complexity index is 415. The Morgan fingerprint density at radius 3 is 2.53 bits per heavy atom. The van der Waals surface area contributed by atoms with Crippen LogP contribution in [-0.2, 0) is 14.9 Å². The summed E-state index contributed by atoms with van der Waals surface area (Å²) in [4.78, 5) is 14.6. The van der Waals surface area contributed by atoms with Crippen LogP contribution in [0.2, 0.25) is 0 Å². The number of benzene rings is 1. The van der Waals surface area contributed by atoms with E-state index in [9.17, 15) is 4.79 Å². The summed E-state index contributed by atoms with van der Waals surface area (Å²) < 4.78 is 5.07. The molecule has 1 aromatic rings. The number of carbonyl (C=O) groups is 1. The van der Waals surface area contributed by atoms with Gasteiger partial charge in [-0.1, -0.05) is 30.3 Å². The molecule has 0 heterocycles. The topological polar surface area (TPSA) is 55.6 Å². The molecule has 0 atom stereocenters. The number of carbonyl (C=O) groups excluding carboxylic acids is 1. The zero-order chi connectivity index (χ0) is 13.7. The first-order valence-corrected chi connectivity index (χ1v) is 6.78. The quantitative estimate of drug-likeness (QED) is 0.802. The van der Waals surface area contributed by atoms with Crippen LogP contribution in [0.15, 0.2) is 30.3 Å². The molecule has 0 unspecified atom stereocenters. The number of ether oxygens (including phenoxy) is 1. The average Bonchev–Trinajstić information content (AvgIpc) is 3.25. The minimum atomic E-state index is -0.301. The molecule has 2 rings (SSSR count). The van der Waals surface area contributed by atoms with Gasteiger partial charge < -0.3 is 15.4 Å². The molecule has 0 aliphatic heterocycles. The molecule has 104 valence electrons. The molecule has 1 aliphatic rings. The molecule has 4 nitrogen and oxygen atoms in total. The lowest BCUT2D eigenvalue weighted by atomic mass is 9.94. The molecule has 0 aromatic heterocycles. The minimum absolute atomic E-state index is 0.196. The summed E-state index contributed by atoms with van der Waals surface area (Å²) in [7, 11) is 1.65. The van der Waals surface area contributed by atoms with Crippen LogP contribution < -0.4 is 5.73 Å². The maximum Gasteiger partial charge on any atom is 0.233 e. The van der Waals surface area contributed by atoms with Crippen LogP contribution in [0.1, 0.15) is 18.4 Å². The fraction of sp³-hybridized carbons (Fsp3) is 0.533. The Hall–Kier alpha value is -1.39. The molecule has 0 saturated heterocycles. The fourth-order valence-corrected chi connectivity index (χ4v) is 2.48. The van der Waals surface area contributed by atoms with Gasteiger partial charge in [-0.25, -0.2) is 0 Å². The Morgan fingerprint density at radius 2 is 2.00 bits per heavy atom. The monoisotopic (exact) mass is 262 g/mol. The third-order valence-corrected chi connectivity index (χ3v) is 3.74.